The van der Waals surface area contributed by atoms with E-state index in [2.05, 4.69) is 16.0 Å². The molecule has 160 valence electrons. The monoisotopic (exact) mass is 443 g/mol. The molecule has 7 heteroatoms. The Kier molecular flexibility index (Phi) is 5.25. The molecule has 6 nitrogen and oxygen atoms in total. The van der Waals surface area contributed by atoms with Gasteiger partial charge in [-0.25, -0.2) is 0 Å². The van der Waals surface area contributed by atoms with E-state index < -0.39 is 6.04 Å². The number of benzene rings is 3. The van der Waals surface area contributed by atoms with Gasteiger partial charge in [0.1, 0.15) is 0 Å². The van der Waals surface area contributed by atoms with Gasteiger partial charge in [0.25, 0.3) is 5.91 Å². The Hall–Kier alpha value is -3.84. The van der Waals surface area contributed by atoms with Crippen molar-refractivity contribution in [3.8, 4) is 11.5 Å². The molecule has 1 atom stereocenters. The summed E-state index contributed by atoms with van der Waals surface area (Å²) in [5.41, 5.74) is 4.76. The smallest absolute Gasteiger partial charge is 0.256 e. The van der Waals surface area contributed by atoms with Gasteiger partial charge < -0.3 is 25.4 Å². The molecule has 3 N–H and O–H groups in total. The normalized spacial score (nSPS) is 16.9. The molecular formula is C25H21N3O3S. The average molecular weight is 444 g/mol. The summed E-state index contributed by atoms with van der Waals surface area (Å²) in [7, 11) is 0. The van der Waals surface area contributed by atoms with Crippen LogP contribution in [0.4, 0.5) is 5.69 Å². The zero-order chi connectivity index (χ0) is 22.1. The molecule has 0 fully saturated rings. The predicted octanol–water partition coefficient (Wildman–Crippen LogP) is 4.29. The molecule has 1 amide bonds. The van der Waals surface area contributed by atoms with Crippen LogP contribution in [0.15, 0.2) is 78.4 Å². The number of carbonyl (C=O) groups is 1. The quantitative estimate of drug-likeness (QED) is 0.523. The standard InChI is InChI=1S/C25H21N3O3S/c1-15-7-10-18(11-8-15)26-24(29)21-22(16-5-3-2-4-6-16)27-25(32)28-23(21)17-9-12-19-20(13-17)31-14-30-19/h2-13,23H,14H2,1H3,(H,26,29)(H2,27,28,32). The molecular weight excluding hydrogens is 422 g/mol. The minimum atomic E-state index is -0.473. The van der Waals surface area contributed by atoms with Gasteiger partial charge in [0.2, 0.25) is 6.79 Å². The Morgan fingerprint density at radius 1 is 1.00 bits per heavy atom. The first-order chi connectivity index (χ1) is 15.6. The predicted molar refractivity (Wildman–Crippen MR) is 127 cm³/mol. The van der Waals surface area contributed by atoms with Gasteiger partial charge in [-0.1, -0.05) is 54.1 Å². The Morgan fingerprint density at radius 3 is 2.53 bits per heavy atom. The van der Waals surface area contributed by atoms with Crippen molar-refractivity contribution in [2.75, 3.05) is 12.1 Å². The number of carbonyl (C=O) groups excluding carboxylic acids is 1. The second-order valence-corrected chi connectivity index (χ2v) is 8.03. The van der Waals surface area contributed by atoms with Gasteiger partial charge in [-0.2, -0.15) is 0 Å². The SMILES string of the molecule is Cc1ccc(NC(=O)C2=C(c3ccccc3)NC(=S)NC2c2ccc3c(c2)OCO3)cc1. The molecule has 2 aliphatic rings. The summed E-state index contributed by atoms with van der Waals surface area (Å²) in [6, 6.07) is 22.6. The van der Waals surface area contributed by atoms with Crippen molar-refractivity contribution in [1.29, 1.82) is 0 Å². The maximum Gasteiger partial charge on any atom is 0.256 e. The molecule has 1 unspecified atom stereocenters. The van der Waals surface area contributed by atoms with E-state index >= 15 is 0 Å². The Bertz CT molecular complexity index is 1220. The summed E-state index contributed by atoms with van der Waals surface area (Å²) in [6.45, 7) is 2.19. The Balaban J connectivity index is 1.61. The number of aryl methyl sites for hydroxylation is 1. The molecule has 5 rings (SSSR count). The van der Waals surface area contributed by atoms with Crippen LogP contribution in [0.5, 0.6) is 11.5 Å². The van der Waals surface area contributed by atoms with Crippen LogP contribution in [-0.2, 0) is 4.79 Å². The van der Waals surface area contributed by atoms with Crippen LogP contribution >= 0.6 is 12.2 Å². The van der Waals surface area contributed by atoms with Crippen molar-refractivity contribution >= 4 is 34.6 Å². The van der Waals surface area contributed by atoms with E-state index in [4.69, 9.17) is 21.7 Å². The minimum Gasteiger partial charge on any atom is -0.454 e. The van der Waals surface area contributed by atoms with Crippen molar-refractivity contribution in [3.05, 3.63) is 95.1 Å². The van der Waals surface area contributed by atoms with Gasteiger partial charge in [-0.15, -0.1) is 0 Å². The number of fused-ring (bicyclic) bond motifs is 1. The third kappa shape index (κ3) is 3.90. The van der Waals surface area contributed by atoms with Crippen LogP contribution in [-0.4, -0.2) is 17.8 Å². The Labute approximate surface area is 191 Å². The van der Waals surface area contributed by atoms with Crippen LogP contribution in [0.1, 0.15) is 22.7 Å². The van der Waals surface area contributed by atoms with Crippen molar-refractivity contribution < 1.29 is 14.3 Å². The lowest BCUT2D eigenvalue weighted by atomic mass is 9.92. The van der Waals surface area contributed by atoms with Gasteiger partial charge >= 0.3 is 0 Å². The molecule has 2 heterocycles. The maximum atomic E-state index is 13.6. The number of nitrogens with one attached hydrogen (secondary N) is 3. The van der Waals surface area contributed by atoms with Crippen LogP contribution in [0.2, 0.25) is 0 Å². The second kappa shape index (κ2) is 8.36. The molecule has 0 spiro atoms. The number of amides is 1. The molecule has 0 saturated carbocycles. The molecule has 32 heavy (non-hydrogen) atoms. The summed E-state index contributed by atoms with van der Waals surface area (Å²) >= 11 is 5.50. The van der Waals surface area contributed by atoms with E-state index in [1.165, 1.54) is 0 Å². The highest BCUT2D eigenvalue weighted by Gasteiger charge is 2.33. The summed E-state index contributed by atoms with van der Waals surface area (Å²) in [5.74, 6) is 1.11. The number of anilines is 1. The van der Waals surface area contributed by atoms with Crippen molar-refractivity contribution in [1.82, 2.24) is 10.6 Å². The summed E-state index contributed by atoms with van der Waals surface area (Å²) in [4.78, 5) is 13.6. The van der Waals surface area contributed by atoms with Crippen LogP contribution in [0.3, 0.4) is 0 Å². The third-order valence-corrected chi connectivity index (χ3v) is 5.64. The average Bonchev–Trinajstić information content (AvgIpc) is 3.28. The maximum absolute atomic E-state index is 13.6. The number of ether oxygens (including phenoxy) is 2. The fraction of sp³-hybridized carbons (Fsp3) is 0.120. The first kappa shape index (κ1) is 20.1. The first-order valence-electron chi connectivity index (χ1n) is 10.2. The van der Waals surface area contributed by atoms with Gasteiger partial charge in [-0.05, 0) is 54.5 Å². The lowest BCUT2D eigenvalue weighted by molar-refractivity contribution is -0.113. The van der Waals surface area contributed by atoms with E-state index in [-0.39, 0.29) is 12.7 Å². The lowest BCUT2D eigenvalue weighted by Crippen LogP contribution is -2.45. The zero-order valence-electron chi connectivity index (χ0n) is 17.3. The third-order valence-electron chi connectivity index (χ3n) is 5.42. The van der Waals surface area contributed by atoms with E-state index in [9.17, 15) is 4.79 Å². The highest BCUT2D eigenvalue weighted by atomic mass is 32.1. The van der Waals surface area contributed by atoms with E-state index in [0.29, 0.717) is 27.9 Å². The highest BCUT2D eigenvalue weighted by molar-refractivity contribution is 7.80. The number of hydrogen-bond donors (Lipinski definition) is 3. The van der Waals surface area contributed by atoms with Gasteiger partial charge in [-0.3, -0.25) is 4.79 Å². The minimum absolute atomic E-state index is 0.183. The number of rotatable bonds is 4. The molecule has 2 aliphatic heterocycles. The van der Waals surface area contributed by atoms with Crippen LogP contribution in [0.25, 0.3) is 5.70 Å². The zero-order valence-corrected chi connectivity index (χ0v) is 18.2. The van der Waals surface area contributed by atoms with Gasteiger partial charge in [0, 0.05) is 5.69 Å². The largest absolute Gasteiger partial charge is 0.454 e. The molecule has 3 aromatic carbocycles. The van der Waals surface area contributed by atoms with Crippen molar-refractivity contribution in [3.63, 3.8) is 0 Å². The van der Waals surface area contributed by atoms with E-state index in [1.54, 1.807) is 0 Å². The molecule has 0 aliphatic carbocycles. The van der Waals surface area contributed by atoms with Crippen molar-refractivity contribution in [2.45, 2.75) is 13.0 Å². The molecule has 0 saturated heterocycles. The lowest BCUT2D eigenvalue weighted by Gasteiger charge is -2.32. The van der Waals surface area contributed by atoms with Gasteiger partial charge in [0.15, 0.2) is 16.6 Å². The summed E-state index contributed by atoms with van der Waals surface area (Å²) in [5, 5.41) is 9.92. The second-order valence-electron chi connectivity index (χ2n) is 7.62. The van der Waals surface area contributed by atoms with Gasteiger partial charge in [0.05, 0.1) is 17.3 Å². The number of thiocarbonyl (C=S) groups is 1. The first-order valence-corrected chi connectivity index (χ1v) is 10.6. The van der Waals surface area contributed by atoms with Crippen LogP contribution < -0.4 is 25.4 Å². The fourth-order valence-electron chi connectivity index (χ4n) is 3.82. The molecule has 0 radical (unpaired) electrons. The number of hydrogen-bond acceptors (Lipinski definition) is 4. The Morgan fingerprint density at radius 2 is 1.75 bits per heavy atom. The van der Waals surface area contributed by atoms with E-state index in [1.807, 2.05) is 79.7 Å². The highest BCUT2D eigenvalue weighted by Crippen LogP contribution is 2.38. The molecule has 0 aromatic heterocycles. The summed E-state index contributed by atoms with van der Waals surface area (Å²) in [6.07, 6.45) is 0. The van der Waals surface area contributed by atoms with Crippen LogP contribution in [0, 0.1) is 6.92 Å². The summed E-state index contributed by atoms with van der Waals surface area (Å²) < 4.78 is 11.0. The van der Waals surface area contributed by atoms with E-state index in [0.717, 1.165) is 22.4 Å². The molecule has 3 aromatic rings. The fourth-order valence-corrected chi connectivity index (χ4v) is 4.04. The molecule has 0 bridgehead atoms. The van der Waals surface area contributed by atoms with Crippen molar-refractivity contribution in [2.24, 2.45) is 0 Å². The topological polar surface area (TPSA) is 71.6 Å².